The summed E-state index contributed by atoms with van der Waals surface area (Å²) in [5.41, 5.74) is 1.99. The molecule has 0 amide bonds. The van der Waals surface area contributed by atoms with Crippen LogP contribution in [0.3, 0.4) is 0 Å². The summed E-state index contributed by atoms with van der Waals surface area (Å²) >= 11 is 2.28. The first-order valence-electron chi connectivity index (χ1n) is 6.73. The van der Waals surface area contributed by atoms with Crippen molar-refractivity contribution in [3.05, 3.63) is 63.7 Å². The largest absolute Gasteiger partial charge is 0.439 e. The van der Waals surface area contributed by atoms with Gasteiger partial charge >= 0.3 is 0 Å². The Morgan fingerprint density at radius 2 is 1.86 bits per heavy atom. The van der Waals surface area contributed by atoms with Gasteiger partial charge in [-0.2, -0.15) is 0 Å². The molecular weight excluding hydrogens is 375 g/mol. The molecule has 0 aliphatic carbocycles. The second kappa shape index (κ2) is 6.41. The van der Waals surface area contributed by atoms with Gasteiger partial charge in [-0.15, -0.1) is 0 Å². The summed E-state index contributed by atoms with van der Waals surface area (Å²) in [7, 11) is 1.92. The predicted octanol–water partition coefficient (Wildman–Crippen LogP) is 4.35. The van der Waals surface area contributed by atoms with Crippen molar-refractivity contribution in [2.24, 2.45) is 0 Å². The van der Waals surface area contributed by atoms with Gasteiger partial charge < -0.3 is 10.1 Å². The van der Waals surface area contributed by atoms with Crippen molar-refractivity contribution < 1.29 is 4.74 Å². The van der Waals surface area contributed by atoms with E-state index < -0.39 is 0 Å². The first-order chi connectivity index (χ1) is 10.3. The Hall–Kier alpha value is -1.66. The number of rotatable bonds is 4. The van der Waals surface area contributed by atoms with Crippen LogP contribution in [0, 0.1) is 3.57 Å². The van der Waals surface area contributed by atoms with Crippen LogP contribution in [0.25, 0.3) is 10.9 Å². The highest BCUT2D eigenvalue weighted by Gasteiger charge is 2.09. The minimum absolute atomic E-state index is 0.657. The molecule has 0 radical (unpaired) electrons. The summed E-state index contributed by atoms with van der Waals surface area (Å²) in [6.07, 6.45) is 0. The van der Waals surface area contributed by atoms with Crippen molar-refractivity contribution in [2.45, 2.75) is 6.54 Å². The smallest absolute Gasteiger partial charge is 0.224 e. The minimum atomic E-state index is 0.657. The van der Waals surface area contributed by atoms with Gasteiger partial charge in [0.2, 0.25) is 5.88 Å². The van der Waals surface area contributed by atoms with E-state index >= 15 is 0 Å². The summed E-state index contributed by atoms with van der Waals surface area (Å²) < 4.78 is 7.15. The molecule has 0 saturated carbocycles. The molecule has 0 aliphatic rings. The molecule has 3 nitrogen and oxygen atoms in total. The maximum absolute atomic E-state index is 5.97. The average Bonchev–Trinajstić information content (AvgIpc) is 2.50. The molecule has 1 aromatic heterocycles. The summed E-state index contributed by atoms with van der Waals surface area (Å²) in [5.74, 6) is 1.46. The van der Waals surface area contributed by atoms with Crippen LogP contribution in [-0.2, 0) is 6.54 Å². The molecule has 106 valence electrons. The van der Waals surface area contributed by atoms with E-state index in [1.165, 1.54) is 3.57 Å². The standard InChI is InChI=1S/C17H15IN2O/c1-19-11-13-10-12-4-2-3-5-16(12)20-17(13)21-15-8-6-14(18)7-9-15/h2-10,19H,11H2,1H3. The Labute approximate surface area is 137 Å². The zero-order chi connectivity index (χ0) is 14.7. The van der Waals surface area contributed by atoms with Crippen LogP contribution in [0.15, 0.2) is 54.6 Å². The molecule has 0 unspecified atom stereocenters. The molecule has 0 saturated heterocycles. The molecule has 0 atom stereocenters. The lowest BCUT2D eigenvalue weighted by atomic mass is 10.1. The van der Waals surface area contributed by atoms with E-state index in [0.717, 1.165) is 28.8 Å². The fourth-order valence-electron chi connectivity index (χ4n) is 2.16. The van der Waals surface area contributed by atoms with Crippen LogP contribution in [0.4, 0.5) is 0 Å². The van der Waals surface area contributed by atoms with Crippen LogP contribution < -0.4 is 10.1 Å². The molecule has 3 rings (SSSR count). The van der Waals surface area contributed by atoms with E-state index in [4.69, 9.17) is 4.74 Å². The molecule has 0 bridgehead atoms. The van der Waals surface area contributed by atoms with Gasteiger partial charge in [0.15, 0.2) is 0 Å². The first-order valence-corrected chi connectivity index (χ1v) is 7.81. The highest BCUT2D eigenvalue weighted by Crippen LogP contribution is 2.27. The highest BCUT2D eigenvalue weighted by molar-refractivity contribution is 14.1. The number of ether oxygens (including phenoxy) is 1. The first kappa shape index (κ1) is 14.3. The molecule has 1 N–H and O–H groups in total. The third-order valence-corrected chi connectivity index (χ3v) is 3.88. The molecule has 0 fully saturated rings. The van der Waals surface area contributed by atoms with Crippen LogP contribution in [0.5, 0.6) is 11.6 Å². The number of fused-ring (bicyclic) bond motifs is 1. The predicted molar refractivity (Wildman–Crippen MR) is 93.7 cm³/mol. The van der Waals surface area contributed by atoms with Gasteiger partial charge in [0.05, 0.1) is 5.52 Å². The molecule has 0 spiro atoms. The number of nitrogens with one attached hydrogen (secondary N) is 1. The number of para-hydroxylation sites is 1. The number of hydrogen-bond donors (Lipinski definition) is 1. The van der Waals surface area contributed by atoms with Crippen LogP contribution >= 0.6 is 22.6 Å². The number of halogens is 1. The number of nitrogens with zero attached hydrogens (tertiary/aromatic N) is 1. The van der Waals surface area contributed by atoms with Crippen molar-refractivity contribution >= 4 is 33.5 Å². The molecule has 1 heterocycles. The van der Waals surface area contributed by atoms with Crippen molar-refractivity contribution in [3.8, 4) is 11.6 Å². The lowest BCUT2D eigenvalue weighted by Gasteiger charge is -2.11. The third kappa shape index (κ3) is 3.33. The zero-order valence-electron chi connectivity index (χ0n) is 11.6. The summed E-state index contributed by atoms with van der Waals surface area (Å²) in [4.78, 5) is 4.65. The molecular formula is C17H15IN2O. The van der Waals surface area contributed by atoms with Crippen LogP contribution in [0.1, 0.15) is 5.56 Å². The molecule has 2 aromatic carbocycles. The Balaban J connectivity index is 2.02. The number of aromatic nitrogens is 1. The maximum atomic E-state index is 5.97. The van der Waals surface area contributed by atoms with E-state index in [-0.39, 0.29) is 0 Å². The Morgan fingerprint density at radius 1 is 1.10 bits per heavy atom. The Morgan fingerprint density at radius 3 is 2.62 bits per heavy atom. The van der Waals surface area contributed by atoms with E-state index in [2.05, 4.69) is 45.0 Å². The van der Waals surface area contributed by atoms with Gasteiger partial charge in [0.25, 0.3) is 0 Å². The second-order valence-electron chi connectivity index (χ2n) is 4.73. The highest BCUT2D eigenvalue weighted by atomic mass is 127. The lowest BCUT2D eigenvalue weighted by Crippen LogP contribution is -2.07. The average molecular weight is 390 g/mol. The van der Waals surface area contributed by atoms with E-state index in [0.29, 0.717) is 5.88 Å². The Kier molecular flexibility index (Phi) is 4.36. The molecule has 21 heavy (non-hydrogen) atoms. The van der Waals surface area contributed by atoms with Crippen LogP contribution in [0.2, 0.25) is 0 Å². The van der Waals surface area contributed by atoms with Gasteiger partial charge in [0, 0.05) is 21.1 Å². The summed E-state index contributed by atoms with van der Waals surface area (Å²) in [6.45, 7) is 0.720. The van der Waals surface area contributed by atoms with E-state index in [1.54, 1.807) is 0 Å². The van der Waals surface area contributed by atoms with Gasteiger partial charge in [-0.3, -0.25) is 0 Å². The maximum Gasteiger partial charge on any atom is 0.224 e. The zero-order valence-corrected chi connectivity index (χ0v) is 13.8. The summed E-state index contributed by atoms with van der Waals surface area (Å²) in [6, 6.07) is 18.2. The van der Waals surface area contributed by atoms with E-state index in [1.807, 2.05) is 49.5 Å². The fraction of sp³-hybridized carbons (Fsp3) is 0.118. The molecule has 3 aromatic rings. The summed E-state index contributed by atoms with van der Waals surface area (Å²) in [5, 5.41) is 4.29. The van der Waals surface area contributed by atoms with Crippen molar-refractivity contribution in [1.82, 2.24) is 10.3 Å². The van der Waals surface area contributed by atoms with Crippen molar-refractivity contribution in [3.63, 3.8) is 0 Å². The number of hydrogen-bond acceptors (Lipinski definition) is 3. The quantitative estimate of drug-likeness (QED) is 0.673. The normalized spacial score (nSPS) is 10.8. The molecule has 4 heteroatoms. The number of benzene rings is 2. The SMILES string of the molecule is CNCc1cc2ccccc2nc1Oc1ccc(I)cc1. The van der Waals surface area contributed by atoms with Crippen molar-refractivity contribution in [1.29, 1.82) is 0 Å². The second-order valence-corrected chi connectivity index (χ2v) is 5.98. The minimum Gasteiger partial charge on any atom is -0.439 e. The van der Waals surface area contributed by atoms with Crippen molar-refractivity contribution in [2.75, 3.05) is 7.05 Å². The van der Waals surface area contributed by atoms with Gasteiger partial charge in [0.1, 0.15) is 5.75 Å². The fourth-order valence-corrected chi connectivity index (χ4v) is 2.52. The third-order valence-electron chi connectivity index (χ3n) is 3.16. The monoisotopic (exact) mass is 390 g/mol. The topological polar surface area (TPSA) is 34.2 Å². The number of pyridine rings is 1. The van der Waals surface area contributed by atoms with Gasteiger partial charge in [-0.05, 0) is 66.0 Å². The van der Waals surface area contributed by atoms with Gasteiger partial charge in [-0.25, -0.2) is 4.98 Å². The molecule has 0 aliphatic heterocycles. The lowest BCUT2D eigenvalue weighted by molar-refractivity contribution is 0.456. The van der Waals surface area contributed by atoms with Gasteiger partial charge in [-0.1, -0.05) is 18.2 Å². The van der Waals surface area contributed by atoms with E-state index in [9.17, 15) is 0 Å². The van der Waals surface area contributed by atoms with Crippen LogP contribution in [-0.4, -0.2) is 12.0 Å². The Bertz CT molecular complexity index is 756.